The summed E-state index contributed by atoms with van der Waals surface area (Å²) in [5, 5.41) is 4.86. The second-order valence-corrected chi connectivity index (χ2v) is 5.85. The maximum atomic E-state index is 12.8. The molecular formula is C13H9BrClFN2O. The van der Waals surface area contributed by atoms with Crippen LogP contribution in [0, 0.1) is 5.92 Å². The maximum Gasteiger partial charge on any atom is 0.231 e. The minimum Gasteiger partial charge on any atom is -0.310 e. The average molecular weight is 344 g/mol. The van der Waals surface area contributed by atoms with E-state index in [-0.39, 0.29) is 5.91 Å². The molecule has 3 nitrogen and oxygen atoms in total. The zero-order valence-electron chi connectivity index (χ0n) is 9.66. The molecule has 1 aliphatic carbocycles. The molecule has 2 atom stereocenters. The molecule has 1 heterocycles. The van der Waals surface area contributed by atoms with Crippen LogP contribution in [-0.2, 0) is 4.79 Å². The predicted octanol–water partition coefficient (Wildman–Crippen LogP) is 3.95. The van der Waals surface area contributed by atoms with Gasteiger partial charge in [0.25, 0.3) is 0 Å². The highest BCUT2D eigenvalue weighted by Gasteiger charge is 2.43. The molecule has 0 saturated heterocycles. The number of hydrogen-bond donors (Lipinski definition) is 1. The number of nitrogens with zero attached hydrogens (tertiary/aromatic N) is 1. The Morgan fingerprint density at radius 1 is 1.47 bits per heavy atom. The first kappa shape index (κ1) is 12.8. The Morgan fingerprint density at radius 3 is 2.89 bits per heavy atom. The normalized spacial score (nSPS) is 21.4. The number of aromatic nitrogens is 1. The zero-order valence-corrected chi connectivity index (χ0v) is 12.0. The summed E-state index contributed by atoms with van der Waals surface area (Å²) in [4.78, 5) is 15.7. The first-order valence-corrected chi connectivity index (χ1v) is 6.91. The predicted molar refractivity (Wildman–Crippen MR) is 76.1 cm³/mol. The molecule has 1 aliphatic rings. The summed E-state index contributed by atoms with van der Waals surface area (Å²) in [7, 11) is 0. The smallest absolute Gasteiger partial charge is 0.231 e. The van der Waals surface area contributed by atoms with Crippen molar-refractivity contribution < 1.29 is 9.18 Å². The molecule has 0 unspecified atom stereocenters. The van der Waals surface area contributed by atoms with Crippen LogP contribution in [0.15, 0.2) is 28.9 Å². The van der Waals surface area contributed by atoms with E-state index in [1.807, 2.05) is 6.07 Å². The van der Waals surface area contributed by atoms with Gasteiger partial charge in [0.1, 0.15) is 12.0 Å². The van der Waals surface area contributed by atoms with Gasteiger partial charge in [0, 0.05) is 16.1 Å². The number of nitrogens with one attached hydrogen (secondary N) is 1. The number of carbonyl (C=O) groups is 1. The lowest BCUT2D eigenvalue weighted by Crippen LogP contribution is -2.15. The lowest BCUT2D eigenvalue weighted by molar-refractivity contribution is -0.117. The van der Waals surface area contributed by atoms with Crippen molar-refractivity contribution in [3.8, 4) is 0 Å². The highest BCUT2D eigenvalue weighted by atomic mass is 79.9. The molecule has 6 heteroatoms. The van der Waals surface area contributed by atoms with Gasteiger partial charge in [-0.3, -0.25) is 4.79 Å². The largest absolute Gasteiger partial charge is 0.310 e. The van der Waals surface area contributed by atoms with Crippen LogP contribution in [-0.4, -0.2) is 17.1 Å². The zero-order chi connectivity index (χ0) is 13.6. The number of halogens is 3. The summed E-state index contributed by atoms with van der Waals surface area (Å²) in [5.41, 5.74) is 0. The van der Waals surface area contributed by atoms with Crippen molar-refractivity contribution >= 4 is 50.0 Å². The molecule has 0 spiro atoms. The Morgan fingerprint density at radius 2 is 2.21 bits per heavy atom. The van der Waals surface area contributed by atoms with E-state index in [4.69, 9.17) is 11.6 Å². The summed E-state index contributed by atoms with van der Waals surface area (Å²) in [6.45, 7) is 0. The third-order valence-electron chi connectivity index (χ3n) is 3.05. The van der Waals surface area contributed by atoms with Crippen LogP contribution >= 0.6 is 27.5 Å². The van der Waals surface area contributed by atoms with Gasteiger partial charge in [-0.2, -0.15) is 0 Å². The summed E-state index contributed by atoms with van der Waals surface area (Å²) in [5.74, 6) is -0.435. The summed E-state index contributed by atoms with van der Waals surface area (Å²) in [6.07, 6.45) is 0.889. The highest BCUT2D eigenvalue weighted by Crippen LogP contribution is 2.35. The SMILES string of the molecule is O=C(Nc1cc2cc(Br)cc(Cl)c2cn1)[C@H]1C[C@H]1F. The molecule has 1 aromatic carbocycles. The molecule has 1 N–H and O–H groups in total. The minimum absolute atomic E-state index is 0.302. The molecule has 98 valence electrons. The van der Waals surface area contributed by atoms with Crippen molar-refractivity contribution in [1.29, 1.82) is 0 Å². The number of alkyl halides is 1. The quantitative estimate of drug-likeness (QED) is 0.897. The van der Waals surface area contributed by atoms with E-state index in [9.17, 15) is 9.18 Å². The lowest BCUT2D eigenvalue weighted by atomic mass is 10.2. The van der Waals surface area contributed by atoms with Gasteiger partial charge in [0.2, 0.25) is 5.91 Å². The number of carbonyl (C=O) groups excluding carboxylic acids is 1. The molecular weight excluding hydrogens is 335 g/mol. The van der Waals surface area contributed by atoms with Crippen molar-refractivity contribution in [2.45, 2.75) is 12.6 Å². The van der Waals surface area contributed by atoms with E-state index >= 15 is 0 Å². The summed E-state index contributed by atoms with van der Waals surface area (Å²) in [6, 6.07) is 5.38. The third kappa shape index (κ3) is 2.58. The number of pyridine rings is 1. The number of rotatable bonds is 2. The fourth-order valence-corrected chi connectivity index (χ4v) is 2.78. The number of anilines is 1. The lowest BCUT2D eigenvalue weighted by Gasteiger charge is -2.06. The van der Waals surface area contributed by atoms with Crippen molar-refractivity contribution in [3.63, 3.8) is 0 Å². The molecule has 0 bridgehead atoms. The number of amides is 1. The van der Waals surface area contributed by atoms with Gasteiger partial charge >= 0.3 is 0 Å². The van der Waals surface area contributed by atoms with Crippen LogP contribution in [0.3, 0.4) is 0 Å². The van der Waals surface area contributed by atoms with E-state index in [0.717, 1.165) is 15.2 Å². The van der Waals surface area contributed by atoms with E-state index in [1.54, 1.807) is 18.3 Å². The third-order valence-corrected chi connectivity index (χ3v) is 3.82. The minimum atomic E-state index is -1.01. The van der Waals surface area contributed by atoms with Crippen molar-refractivity contribution in [3.05, 3.63) is 33.9 Å². The van der Waals surface area contributed by atoms with Gasteiger partial charge in [0.15, 0.2) is 0 Å². The van der Waals surface area contributed by atoms with Gasteiger partial charge in [-0.15, -0.1) is 0 Å². The van der Waals surface area contributed by atoms with Crippen LogP contribution in [0.1, 0.15) is 6.42 Å². The topological polar surface area (TPSA) is 42.0 Å². The van der Waals surface area contributed by atoms with E-state index in [1.165, 1.54) is 0 Å². The molecule has 1 fully saturated rings. The summed E-state index contributed by atoms with van der Waals surface area (Å²) >= 11 is 9.45. The number of benzene rings is 1. The molecule has 0 aliphatic heterocycles. The van der Waals surface area contributed by atoms with E-state index in [0.29, 0.717) is 17.3 Å². The van der Waals surface area contributed by atoms with Crippen LogP contribution in [0.25, 0.3) is 10.8 Å². The Labute approximate surface area is 122 Å². The number of hydrogen-bond acceptors (Lipinski definition) is 2. The molecule has 3 rings (SSSR count). The Balaban J connectivity index is 1.91. The molecule has 1 aromatic heterocycles. The standard InChI is InChI=1S/C13H9BrClFN2O/c14-7-1-6-2-12(17-5-9(6)10(15)3-7)18-13(19)8-4-11(8)16/h1-3,5,8,11H,4H2,(H,17,18,19)/t8-,11+/m0/s1. The highest BCUT2D eigenvalue weighted by molar-refractivity contribution is 9.10. The van der Waals surface area contributed by atoms with Crippen LogP contribution in [0.2, 0.25) is 5.02 Å². The van der Waals surface area contributed by atoms with Crippen molar-refractivity contribution in [2.24, 2.45) is 5.92 Å². The fraction of sp³-hybridized carbons (Fsp3) is 0.231. The Bertz CT molecular complexity index is 679. The monoisotopic (exact) mass is 342 g/mol. The Kier molecular flexibility index (Phi) is 3.19. The maximum absolute atomic E-state index is 12.8. The average Bonchev–Trinajstić information content (AvgIpc) is 3.05. The van der Waals surface area contributed by atoms with Gasteiger partial charge in [-0.25, -0.2) is 9.37 Å². The Hall–Kier alpha value is -1.20. The first-order chi connectivity index (χ1) is 9.04. The molecule has 0 radical (unpaired) electrons. The van der Waals surface area contributed by atoms with Gasteiger partial charge in [-0.1, -0.05) is 27.5 Å². The van der Waals surface area contributed by atoms with Crippen LogP contribution in [0.4, 0.5) is 10.2 Å². The first-order valence-electron chi connectivity index (χ1n) is 5.74. The second-order valence-electron chi connectivity index (χ2n) is 4.53. The van der Waals surface area contributed by atoms with Crippen molar-refractivity contribution in [2.75, 3.05) is 5.32 Å². The molecule has 19 heavy (non-hydrogen) atoms. The van der Waals surface area contributed by atoms with Gasteiger partial charge < -0.3 is 5.32 Å². The van der Waals surface area contributed by atoms with Crippen molar-refractivity contribution in [1.82, 2.24) is 4.98 Å². The molecule has 2 aromatic rings. The van der Waals surface area contributed by atoms with E-state index < -0.39 is 12.1 Å². The fourth-order valence-electron chi connectivity index (χ4n) is 1.90. The van der Waals surface area contributed by atoms with Crippen LogP contribution < -0.4 is 5.32 Å². The summed E-state index contributed by atoms with van der Waals surface area (Å²) < 4.78 is 13.6. The molecule has 1 amide bonds. The van der Waals surface area contributed by atoms with E-state index in [2.05, 4.69) is 26.2 Å². The second kappa shape index (κ2) is 4.72. The van der Waals surface area contributed by atoms with Gasteiger partial charge in [0.05, 0.1) is 10.9 Å². The van der Waals surface area contributed by atoms with Crippen LogP contribution in [0.5, 0.6) is 0 Å². The molecule has 1 saturated carbocycles. The van der Waals surface area contributed by atoms with Gasteiger partial charge in [-0.05, 0) is 30.0 Å². The number of fused-ring (bicyclic) bond motifs is 1.